The second-order valence-electron chi connectivity index (χ2n) is 5.25. The third-order valence-corrected chi connectivity index (χ3v) is 3.60. The van der Waals surface area contributed by atoms with Gasteiger partial charge < -0.3 is 10.2 Å². The lowest BCUT2D eigenvalue weighted by molar-refractivity contribution is 0.102. The number of aromatic nitrogens is 2. The Bertz CT molecular complexity index is 879. The van der Waals surface area contributed by atoms with Gasteiger partial charge in [-0.2, -0.15) is 0 Å². The summed E-state index contributed by atoms with van der Waals surface area (Å²) < 4.78 is 0. The Balaban J connectivity index is 1.93. The van der Waals surface area contributed by atoms with Crippen LogP contribution in [0.25, 0.3) is 11.0 Å². The van der Waals surface area contributed by atoms with Crippen LogP contribution in [0.5, 0.6) is 0 Å². The molecule has 0 aliphatic rings. The molecule has 5 nitrogen and oxygen atoms in total. The molecule has 2 aromatic carbocycles. The third kappa shape index (κ3) is 3.24. The molecule has 0 fully saturated rings. The molecule has 0 saturated heterocycles. The Kier molecular flexibility index (Phi) is 4.12. The lowest BCUT2D eigenvalue weighted by Crippen LogP contribution is -2.18. The summed E-state index contributed by atoms with van der Waals surface area (Å²) in [5, 5.41) is 3.40. The van der Waals surface area contributed by atoms with E-state index in [2.05, 4.69) is 15.3 Å². The minimum atomic E-state index is -0.325. The van der Waals surface area contributed by atoms with Crippen LogP contribution in [0.4, 0.5) is 11.4 Å². The Hall–Kier alpha value is -2.66. The Morgan fingerprint density at radius 3 is 2.61 bits per heavy atom. The van der Waals surface area contributed by atoms with E-state index in [1.54, 1.807) is 12.1 Å². The molecule has 0 bridgehead atoms. The maximum atomic E-state index is 12.5. The first-order valence-electron chi connectivity index (χ1n) is 7.04. The lowest BCUT2D eigenvalue weighted by Gasteiger charge is -2.18. The van der Waals surface area contributed by atoms with Gasteiger partial charge in [-0.25, -0.2) is 4.98 Å². The van der Waals surface area contributed by atoms with Gasteiger partial charge in [0.15, 0.2) is 0 Å². The summed E-state index contributed by atoms with van der Waals surface area (Å²) in [7, 11) is 3.80. The normalized spacial score (nSPS) is 10.6. The summed E-state index contributed by atoms with van der Waals surface area (Å²) in [5.74, 6) is -0.325. The highest BCUT2D eigenvalue weighted by Crippen LogP contribution is 2.28. The molecule has 116 valence electrons. The number of carbonyl (C=O) groups is 1. The zero-order valence-corrected chi connectivity index (χ0v) is 13.5. The van der Waals surface area contributed by atoms with Crippen LogP contribution in [-0.4, -0.2) is 30.0 Å². The molecule has 0 aliphatic carbocycles. The molecule has 0 aliphatic heterocycles. The van der Waals surface area contributed by atoms with Crippen molar-refractivity contribution in [1.82, 2.24) is 9.97 Å². The number of halogens is 1. The smallest absolute Gasteiger partial charge is 0.275 e. The number of nitrogens with zero attached hydrogens (tertiary/aromatic N) is 3. The van der Waals surface area contributed by atoms with Gasteiger partial charge in [0.1, 0.15) is 5.69 Å². The number of hydrogen-bond donors (Lipinski definition) is 1. The van der Waals surface area contributed by atoms with Crippen molar-refractivity contribution in [2.24, 2.45) is 0 Å². The van der Waals surface area contributed by atoms with Crippen molar-refractivity contribution in [3.63, 3.8) is 0 Å². The van der Waals surface area contributed by atoms with E-state index < -0.39 is 0 Å². The maximum Gasteiger partial charge on any atom is 0.275 e. The highest BCUT2D eigenvalue weighted by Gasteiger charge is 2.13. The van der Waals surface area contributed by atoms with Gasteiger partial charge in [-0.3, -0.25) is 9.78 Å². The molecule has 0 radical (unpaired) electrons. The zero-order chi connectivity index (χ0) is 16.4. The van der Waals surface area contributed by atoms with Crippen molar-refractivity contribution in [2.45, 2.75) is 0 Å². The van der Waals surface area contributed by atoms with Gasteiger partial charge in [-0.15, -0.1) is 0 Å². The second-order valence-corrected chi connectivity index (χ2v) is 5.69. The van der Waals surface area contributed by atoms with Crippen LogP contribution in [0.15, 0.2) is 48.7 Å². The summed E-state index contributed by atoms with van der Waals surface area (Å²) in [6.45, 7) is 0. The van der Waals surface area contributed by atoms with E-state index in [0.29, 0.717) is 16.2 Å². The topological polar surface area (TPSA) is 58.1 Å². The fraction of sp³-hybridized carbons (Fsp3) is 0.118. The largest absolute Gasteiger partial charge is 0.376 e. The summed E-state index contributed by atoms with van der Waals surface area (Å²) in [4.78, 5) is 23.0. The number of carbonyl (C=O) groups excluding carboxylic acids is 1. The highest BCUT2D eigenvalue weighted by molar-refractivity contribution is 6.31. The summed E-state index contributed by atoms with van der Waals surface area (Å²) >= 11 is 6.03. The number of benzene rings is 2. The molecule has 23 heavy (non-hydrogen) atoms. The van der Waals surface area contributed by atoms with E-state index in [9.17, 15) is 4.79 Å². The molecule has 0 saturated carbocycles. The van der Waals surface area contributed by atoms with E-state index in [-0.39, 0.29) is 11.6 Å². The van der Waals surface area contributed by atoms with Crippen molar-refractivity contribution in [1.29, 1.82) is 0 Å². The first kappa shape index (κ1) is 15.2. The predicted octanol–water partition coefficient (Wildman–Crippen LogP) is 3.60. The number of nitrogens with one attached hydrogen (secondary N) is 1. The first-order valence-corrected chi connectivity index (χ1v) is 7.42. The molecule has 6 heteroatoms. The monoisotopic (exact) mass is 326 g/mol. The third-order valence-electron chi connectivity index (χ3n) is 3.37. The number of rotatable bonds is 3. The van der Waals surface area contributed by atoms with E-state index in [1.165, 1.54) is 6.20 Å². The Morgan fingerprint density at radius 1 is 1.13 bits per heavy atom. The summed E-state index contributed by atoms with van der Waals surface area (Å²) in [5.41, 5.74) is 3.17. The van der Waals surface area contributed by atoms with E-state index in [4.69, 9.17) is 11.6 Å². The van der Waals surface area contributed by atoms with Crippen LogP contribution in [0, 0.1) is 0 Å². The average Bonchev–Trinajstić information content (AvgIpc) is 2.54. The Labute approximate surface area is 138 Å². The molecule has 1 aromatic heterocycles. The van der Waals surface area contributed by atoms with Gasteiger partial charge in [0.05, 0.1) is 28.6 Å². The summed E-state index contributed by atoms with van der Waals surface area (Å²) in [6.07, 6.45) is 1.47. The molecule has 0 spiro atoms. The minimum absolute atomic E-state index is 0.258. The molecule has 3 rings (SSSR count). The molecular formula is C17H15ClN4O. The molecule has 0 atom stereocenters. The predicted molar refractivity (Wildman–Crippen MR) is 93.3 cm³/mol. The number of para-hydroxylation sites is 2. The molecule has 3 aromatic rings. The van der Waals surface area contributed by atoms with Crippen LogP contribution >= 0.6 is 11.6 Å². The first-order chi connectivity index (χ1) is 11.0. The van der Waals surface area contributed by atoms with Crippen molar-refractivity contribution >= 4 is 39.9 Å². The quantitative estimate of drug-likeness (QED) is 0.799. The molecular weight excluding hydrogens is 312 g/mol. The van der Waals surface area contributed by atoms with Gasteiger partial charge >= 0.3 is 0 Å². The van der Waals surface area contributed by atoms with E-state index in [1.807, 2.05) is 49.3 Å². The SMILES string of the molecule is CN(C)c1ccc(Cl)cc1NC(=O)c1cnc2ccccc2n1. The lowest BCUT2D eigenvalue weighted by atomic mass is 10.2. The fourth-order valence-electron chi connectivity index (χ4n) is 2.25. The van der Waals surface area contributed by atoms with Gasteiger partial charge in [0, 0.05) is 19.1 Å². The average molecular weight is 327 g/mol. The van der Waals surface area contributed by atoms with Gasteiger partial charge in [0.25, 0.3) is 5.91 Å². The molecule has 1 N–H and O–H groups in total. The van der Waals surface area contributed by atoms with Crippen LogP contribution in [0.1, 0.15) is 10.5 Å². The minimum Gasteiger partial charge on any atom is -0.376 e. The standard InChI is InChI=1S/C17H15ClN4O/c1-22(2)16-8-7-11(18)9-14(16)21-17(23)15-10-19-12-5-3-4-6-13(12)20-15/h3-10H,1-2H3,(H,21,23). The van der Waals surface area contributed by atoms with Crippen molar-refractivity contribution in [3.8, 4) is 0 Å². The maximum absolute atomic E-state index is 12.5. The summed E-state index contributed by atoms with van der Waals surface area (Å²) in [6, 6.07) is 12.8. The Morgan fingerprint density at radius 2 is 1.87 bits per heavy atom. The van der Waals surface area contributed by atoms with Gasteiger partial charge in [0.2, 0.25) is 0 Å². The number of hydrogen-bond acceptors (Lipinski definition) is 4. The van der Waals surface area contributed by atoms with Gasteiger partial charge in [-0.1, -0.05) is 23.7 Å². The highest BCUT2D eigenvalue weighted by atomic mass is 35.5. The van der Waals surface area contributed by atoms with Crippen molar-refractivity contribution in [2.75, 3.05) is 24.3 Å². The van der Waals surface area contributed by atoms with Crippen LogP contribution in [-0.2, 0) is 0 Å². The van der Waals surface area contributed by atoms with Crippen molar-refractivity contribution in [3.05, 3.63) is 59.4 Å². The van der Waals surface area contributed by atoms with Crippen LogP contribution < -0.4 is 10.2 Å². The molecule has 1 heterocycles. The van der Waals surface area contributed by atoms with Crippen LogP contribution in [0.3, 0.4) is 0 Å². The molecule has 0 unspecified atom stereocenters. The number of anilines is 2. The van der Waals surface area contributed by atoms with Crippen LogP contribution in [0.2, 0.25) is 5.02 Å². The fourth-order valence-corrected chi connectivity index (χ4v) is 2.42. The zero-order valence-electron chi connectivity index (χ0n) is 12.7. The van der Waals surface area contributed by atoms with Crippen molar-refractivity contribution < 1.29 is 4.79 Å². The molecule has 1 amide bonds. The number of fused-ring (bicyclic) bond motifs is 1. The van der Waals surface area contributed by atoms with E-state index >= 15 is 0 Å². The number of amides is 1. The van der Waals surface area contributed by atoms with E-state index in [0.717, 1.165) is 11.2 Å². The second kappa shape index (κ2) is 6.22. The van der Waals surface area contributed by atoms with Gasteiger partial charge in [-0.05, 0) is 30.3 Å².